The van der Waals surface area contributed by atoms with E-state index in [2.05, 4.69) is 15.5 Å². The number of amides is 1. The lowest BCUT2D eigenvalue weighted by Gasteiger charge is -2.10. The second-order valence-corrected chi connectivity index (χ2v) is 3.72. The number of aromatic nitrogens is 1. The number of likely N-dealkylation sites (N-methyl/N-ethyl adjacent to an activating group) is 1. The van der Waals surface area contributed by atoms with Crippen LogP contribution in [0.1, 0.15) is 5.69 Å². The van der Waals surface area contributed by atoms with E-state index in [0.29, 0.717) is 18.8 Å². The molecule has 92 valence electrons. The fourth-order valence-electron chi connectivity index (χ4n) is 1.19. The molecule has 6 nitrogen and oxygen atoms in total. The first-order chi connectivity index (χ1) is 8.15. The number of hydrogen-bond acceptors (Lipinski definition) is 5. The van der Waals surface area contributed by atoms with Gasteiger partial charge in [-0.3, -0.25) is 9.78 Å². The zero-order valence-electron chi connectivity index (χ0n) is 9.92. The summed E-state index contributed by atoms with van der Waals surface area (Å²) in [7, 11) is 3.82. The topological polar surface area (TPSA) is 77.8 Å². The van der Waals surface area contributed by atoms with Crippen LogP contribution in [0.4, 0.5) is 0 Å². The van der Waals surface area contributed by atoms with Crippen LogP contribution in [-0.2, 0) is 4.79 Å². The molecule has 0 radical (unpaired) electrons. The lowest BCUT2D eigenvalue weighted by molar-refractivity contribution is -0.114. The van der Waals surface area contributed by atoms with E-state index in [0.717, 1.165) is 0 Å². The lowest BCUT2D eigenvalue weighted by atomic mass is 10.2. The molecule has 0 unspecified atom stereocenters. The van der Waals surface area contributed by atoms with Crippen molar-refractivity contribution in [2.45, 2.75) is 0 Å². The van der Waals surface area contributed by atoms with Crippen molar-refractivity contribution in [3.05, 3.63) is 30.1 Å². The number of pyridine rings is 1. The molecule has 0 saturated heterocycles. The second kappa shape index (κ2) is 6.59. The molecule has 6 heteroatoms. The molecule has 17 heavy (non-hydrogen) atoms. The van der Waals surface area contributed by atoms with Crippen molar-refractivity contribution in [3.8, 4) is 0 Å². The molecule has 1 aromatic heterocycles. The Morgan fingerprint density at radius 3 is 2.82 bits per heavy atom. The molecule has 1 amide bonds. The molecule has 0 aromatic carbocycles. The summed E-state index contributed by atoms with van der Waals surface area (Å²) < 4.78 is 0. The van der Waals surface area contributed by atoms with Gasteiger partial charge in [-0.15, -0.1) is 0 Å². The molecule has 1 heterocycles. The highest BCUT2D eigenvalue weighted by Crippen LogP contribution is 1.96. The van der Waals surface area contributed by atoms with Crippen LogP contribution < -0.4 is 5.32 Å². The first-order valence-corrected chi connectivity index (χ1v) is 5.21. The van der Waals surface area contributed by atoms with Gasteiger partial charge in [-0.25, -0.2) is 0 Å². The standard InChI is InChI=1S/C11H16N4O2/c1-15(2)8-7-13-11(16)10(14-17)9-5-3-4-6-12-9/h3-6,17H,7-8H2,1-2H3,(H,13,16)/b14-10-. The molecule has 0 aliphatic heterocycles. The number of nitrogens with one attached hydrogen (secondary N) is 1. The van der Waals surface area contributed by atoms with E-state index in [9.17, 15) is 4.79 Å². The van der Waals surface area contributed by atoms with Gasteiger partial charge in [0.15, 0.2) is 5.71 Å². The maximum absolute atomic E-state index is 11.7. The third kappa shape index (κ3) is 4.20. The van der Waals surface area contributed by atoms with Crippen LogP contribution in [0.25, 0.3) is 0 Å². The van der Waals surface area contributed by atoms with E-state index in [-0.39, 0.29) is 5.71 Å². The van der Waals surface area contributed by atoms with Crippen molar-refractivity contribution in [1.29, 1.82) is 0 Å². The van der Waals surface area contributed by atoms with E-state index >= 15 is 0 Å². The maximum atomic E-state index is 11.7. The predicted octanol–water partition coefficient (Wildman–Crippen LogP) is -0.0623. The van der Waals surface area contributed by atoms with Crippen molar-refractivity contribution in [1.82, 2.24) is 15.2 Å². The van der Waals surface area contributed by atoms with Crippen LogP contribution >= 0.6 is 0 Å². The third-order valence-electron chi connectivity index (χ3n) is 2.07. The number of rotatable bonds is 5. The minimum Gasteiger partial charge on any atom is -0.410 e. The van der Waals surface area contributed by atoms with Crippen LogP contribution in [0, 0.1) is 0 Å². The van der Waals surface area contributed by atoms with Crippen LogP contribution in [0.2, 0.25) is 0 Å². The van der Waals surface area contributed by atoms with Crippen LogP contribution in [0.15, 0.2) is 29.6 Å². The fourth-order valence-corrected chi connectivity index (χ4v) is 1.19. The van der Waals surface area contributed by atoms with Crippen molar-refractivity contribution in [2.24, 2.45) is 5.16 Å². The van der Waals surface area contributed by atoms with E-state index in [1.54, 1.807) is 18.2 Å². The van der Waals surface area contributed by atoms with Gasteiger partial charge in [-0.05, 0) is 26.2 Å². The summed E-state index contributed by atoms with van der Waals surface area (Å²) in [6, 6.07) is 5.06. The van der Waals surface area contributed by atoms with Crippen molar-refractivity contribution < 1.29 is 10.0 Å². The Kier molecular flexibility index (Phi) is 5.09. The fraction of sp³-hybridized carbons (Fsp3) is 0.364. The number of oxime groups is 1. The highest BCUT2D eigenvalue weighted by atomic mass is 16.4. The normalized spacial score (nSPS) is 11.6. The SMILES string of the molecule is CN(C)CCNC(=O)/C(=N\O)c1ccccn1. The van der Waals surface area contributed by atoms with Gasteiger partial charge in [0.2, 0.25) is 0 Å². The van der Waals surface area contributed by atoms with Crippen LogP contribution in [0.3, 0.4) is 0 Å². The van der Waals surface area contributed by atoms with E-state index in [1.807, 2.05) is 19.0 Å². The van der Waals surface area contributed by atoms with Gasteiger partial charge in [-0.2, -0.15) is 0 Å². The molecule has 2 N–H and O–H groups in total. The van der Waals surface area contributed by atoms with Gasteiger partial charge in [0.25, 0.3) is 5.91 Å². The van der Waals surface area contributed by atoms with Gasteiger partial charge >= 0.3 is 0 Å². The van der Waals surface area contributed by atoms with Gasteiger partial charge in [0.1, 0.15) is 0 Å². The molecular formula is C11H16N4O2. The van der Waals surface area contributed by atoms with E-state index in [1.165, 1.54) is 6.20 Å². The Bertz CT molecular complexity index is 390. The molecule has 1 aromatic rings. The second-order valence-electron chi connectivity index (χ2n) is 3.72. The molecule has 0 aliphatic carbocycles. The largest absolute Gasteiger partial charge is 0.410 e. The third-order valence-corrected chi connectivity index (χ3v) is 2.07. The number of carbonyl (C=O) groups is 1. The Balaban J connectivity index is 2.61. The number of carbonyl (C=O) groups excluding carboxylic acids is 1. The molecule has 0 saturated carbocycles. The van der Waals surface area contributed by atoms with Gasteiger partial charge in [-0.1, -0.05) is 11.2 Å². The van der Waals surface area contributed by atoms with E-state index in [4.69, 9.17) is 5.21 Å². The number of hydrogen-bond donors (Lipinski definition) is 2. The molecule has 0 bridgehead atoms. The average Bonchev–Trinajstić information content (AvgIpc) is 2.31. The molecule has 0 atom stereocenters. The van der Waals surface area contributed by atoms with E-state index < -0.39 is 5.91 Å². The molecule has 0 spiro atoms. The Labute approximate surface area is 100.0 Å². The predicted molar refractivity (Wildman–Crippen MR) is 64.1 cm³/mol. The smallest absolute Gasteiger partial charge is 0.275 e. The van der Waals surface area contributed by atoms with Crippen molar-refractivity contribution in [3.63, 3.8) is 0 Å². The van der Waals surface area contributed by atoms with Gasteiger partial charge in [0, 0.05) is 19.3 Å². The molecule has 1 rings (SSSR count). The average molecular weight is 236 g/mol. The molecule has 0 fully saturated rings. The maximum Gasteiger partial charge on any atom is 0.275 e. The summed E-state index contributed by atoms with van der Waals surface area (Å²) in [5.41, 5.74) is 0.265. The van der Waals surface area contributed by atoms with Gasteiger partial charge in [0.05, 0.1) is 5.69 Å². The first kappa shape index (κ1) is 13.1. The summed E-state index contributed by atoms with van der Waals surface area (Å²) in [5.74, 6) is -0.437. The van der Waals surface area contributed by atoms with Crippen LogP contribution in [-0.4, -0.2) is 53.9 Å². The summed E-state index contributed by atoms with van der Waals surface area (Å²) >= 11 is 0. The quantitative estimate of drug-likeness (QED) is 0.426. The van der Waals surface area contributed by atoms with Gasteiger partial charge < -0.3 is 15.4 Å². The summed E-state index contributed by atoms with van der Waals surface area (Å²) in [6.45, 7) is 1.20. The summed E-state index contributed by atoms with van der Waals surface area (Å²) in [5, 5.41) is 14.5. The number of nitrogens with zero attached hydrogens (tertiary/aromatic N) is 3. The van der Waals surface area contributed by atoms with Crippen molar-refractivity contribution >= 4 is 11.6 Å². The molecule has 0 aliphatic rings. The summed E-state index contributed by atoms with van der Waals surface area (Å²) in [6.07, 6.45) is 1.54. The molecular weight excluding hydrogens is 220 g/mol. The highest BCUT2D eigenvalue weighted by Gasteiger charge is 2.15. The minimum atomic E-state index is -0.437. The Hall–Kier alpha value is -1.95. The van der Waals surface area contributed by atoms with Crippen LogP contribution in [0.5, 0.6) is 0 Å². The van der Waals surface area contributed by atoms with Crippen molar-refractivity contribution in [2.75, 3.05) is 27.2 Å². The monoisotopic (exact) mass is 236 g/mol. The summed E-state index contributed by atoms with van der Waals surface area (Å²) in [4.78, 5) is 17.6. The first-order valence-electron chi connectivity index (χ1n) is 5.21. The Morgan fingerprint density at radius 1 is 1.53 bits per heavy atom. The zero-order chi connectivity index (χ0) is 12.7. The Morgan fingerprint density at radius 2 is 2.29 bits per heavy atom. The minimum absolute atomic E-state index is 0.0793. The zero-order valence-corrected chi connectivity index (χ0v) is 9.92. The lowest BCUT2D eigenvalue weighted by Crippen LogP contribution is -2.36. The highest BCUT2D eigenvalue weighted by molar-refractivity contribution is 6.44.